The molecule has 120 valence electrons. The van der Waals surface area contributed by atoms with Gasteiger partial charge in [-0.1, -0.05) is 34.0 Å². The van der Waals surface area contributed by atoms with Crippen LogP contribution in [-0.2, 0) is 26.6 Å². The molecule has 0 unspecified atom stereocenters. The van der Waals surface area contributed by atoms with Crippen molar-refractivity contribution >= 4 is 20.0 Å². The van der Waals surface area contributed by atoms with E-state index >= 15 is 0 Å². The van der Waals surface area contributed by atoms with Gasteiger partial charge in [-0.2, -0.15) is 22.0 Å². The third-order valence-corrected chi connectivity index (χ3v) is 5.83. The molecular weight excluding hydrogens is 345 g/mol. The highest BCUT2D eigenvalue weighted by Gasteiger charge is 2.55. The van der Waals surface area contributed by atoms with E-state index in [0.717, 1.165) is 12.1 Å². The minimum atomic E-state index is -6.47. The van der Waals surface area contributed by atoms with Crippen LogP contribution >= 0.6 is 0 Å². The zero-order valence-corrected chi connectivity index (χ0v) is 11.6. The van der Waals surface area contributed by atoms with E-state index in [9.17, 15) is 38.8 Å². The number of hydrogen-bond acceptors (Lipinski definition) is 4. The lowest BCUT2D eigenvalue weighted by atomic mass is 10.2. The quantitative estimate of drug-likeness (QED) is 0.758. The van der Waals surface area contributed by atoms with Crippen molar-refractivity contribution in [2.24, 2.45) is 0 Å². The molecule has 0 radical (unpaired) electrons. The second-order valence-corrected chi connectivity index (χ2v) is 7.58. The Balaban J connectivity index is 3.40. The molecule has 12 heteroatoms. The molecule has 0 saturated carbocycles. The molecule has 0 spiro atoms. The maximum absolute atomic E-state index is 12.4. The van der Waals surface area contributed by atoms with Crippen LogP contribution in [0.3, 0.4) is 0 Å². The molecule has 0 aromatic heterocycles. The van der Waals surface area contributed by atoms with Crippen LogP contribution < -0.4 is 0 Å². The summed E-state index contributed by atoms with van der Waals surface area (Å²) in [6.07, 6.45) is 0. The van der Waals surface area contributed by atoms with Crippen LogP contribution in [0.25, 0.3) is 0 Å². The predicted octanol–water partition coefficient (Wildman–Crippen LogP) is 1.89. The number of alkyl halides is 5. The molecule has 0 fully saturated rings. The van der Waals surface area contributed by atoms with E-state index in [1.165, 1.54) is 18.2 Å². The molecule has 0 N–H and O–H groups in total. The van der Waals surface area contributed by atoms with Gasteiger partial charge < -0.3 is 0 Å². The number of nitrogens with zero attached hydrogens (tertiary/aromatic N) is 1. The van der Waals surface area contributed by atoms with E-state index in [-0.39, 0.29) is 5.56 Å². The lowest BCUT2D eigenvalue weighted by Gasteiger charge is -2.22. The Kier molecular flexibility index (Phi) is 4.95. The maximum Gasteiger partial charge on any atom is 0.512 e. The lowest BCUT2D eigenvalue weighted by Crippen LogP contribution is -2.45. The summed E-state index contributed by atoms with van der Waals surface area (Å²) in [7, 11) is -12.5. The van der Waals surface area contributed by atoms with Crippen molar-refractivity contribution in [3.8, 4) is 0 Å². The third kappa shape index (κ3) is 3.68. The van der Waals surface area contributed by atoms with E-state index in [2.05, 4.69) is 0 Å². The summed E-state index contributed by atoms with van der Waals surface area (Å²) in [4.78, 5) is 0. The molecule has 1 aromatic carbocycles. The summed E-state index contributed by atoms with van der Waals surface area (Å²) in [5, 5.41) is 0. The van der Waals surface area contributed by atoms with Gasteiger partial charge in [0, 0.05) is 0 Å². The number of rotatable bonds is 5. The first kappa shape index (κ1) is 17.8. The SMILES string of the molecule is O=S(=O)(C(F)F)N(Cc1ccccc1)S(=O)(=O)C(F)(F)F. The summed E-state index contributed by atoms with van der Waals surface area (Å²) in [5.41, 5.74) is -6.22. The van der Waals surface area contributed by atoms with Gasteiger partial charge in [0.05, 0.1) is 6.54 Å². The van der Waals surface area contributed by atoms with Crippen molar-refractivity contribution < 1.29 is 38.8 Å². The largest absolute Gasteiger partial charge is 0.512 e. The van der Waals surface area contributed by atoms with Crippen LogP contribution in [0.5, 0.6) is 0 Å². The normalized spacial score (nSPS) is 13.9. The molecule has 1 rings (SSSR count). The fourth-order valence-electron chi connectivity index (χ4n) is 1.25. The molecule has 0 aliphatic heterocycles. The van der Waals surface area contributed by atoms with E-state index in [1.807, 2.05) is 0 Å². The Morgan fingerprint density at radius 3 is 1.86 bits per heavy atom. The minimum absolute atomic E-state index is 0.199. The van der Waals surface area contributed by atoms with E-state index < -0.39 is 41.6 Å². The minimum Gasteiger partial charge on any atom is -0.205 e. The molecule has 0 saturated heterocycles. The van der Waals surface area contributed by atoms with E-state index in [0.29, 0.717) is 0 Å². The average molecular weight is 353 g/mol. The zero-order chi connectivity index (χ0) is 16.5. The summed E-state index contributed by atoms with van der Waals surface area (Å²) >= 11 is 0. The lowest BCUT2D eigenvalue weighted by molar-refractivity contribution is -0.0471. The van der Waals surface area contributed by atoms with Crippen LogP contribution in [0.4, 0.5) is 22.0 Å². The highest BCUT2D eigenvalue weighted by molar-refractivity contribution is 8.04. The molecule has 0 atom stereocenters. The van der Waals surface area contributed by atoms with Crippen molar-refractivity contribution in [1.82, 2.24) is 3.71 Å². The molecule has 0 bridgehead atoms. The fraction of sp³-hybridized carbons (Fsp3) is 0.333. The molecule has 0 heterocycles. The Labute approximate surface area is 117 Å². The van der Waals surface area contributed by atoms with Gasteiger partial charge in [-0.05, 0) is 5.56 Å². The van der Waals surface area contributed by atoms with E-state index in [4.69, 9.17) is 0 Å². The van der Waals surface area contributed by atoms with Crippen LogP contribution in [0.15, 0.2) is 30.3 Å². The standard InChI is InChI=1S/C9H8F5NO4S2/c10-8(11)20(16,17)15(21(18,19)9(12,13)14)6-7-4-2-1-3-5-7/h1-5,8H,6H2. The third-order valence-electron chi connectivity index (χ3n) is 2.22. The maximum atomic E-state index is 12.4. The fourth-order valence-corrected chi connectivity index (χ4v) is 3.85. The van der Waals surface area contributed by atoms with Crippen molar-refractivity contribution in [2.45, 2.75) is 17.8 Å². The average Bonchev–Trinajstić information content (AvgIpc) is 2.35. The molecule has 0 aliphatic carbocycles. The first-order valence-corrected chi connectivity index (χ1v) is 8.00. The van der Waals surface area contributed by atoms with Crippen LogP contribution in [0.2, 0.25) is 0 Å². The van der Waals surface area contributed by atoms with Gasteiger partial charge >= 0.3 is 21.3 Å². The molecular formula is C9H8F5NO4S2. The highest BCUT2D eigenvalue weighted by atomic mass is 32.3. The van der Waals surface area contributed by atoms with Gasteiger partial charge in [-0.25, -0.2) is 16.8 Å². The second-order valence-electron chi connectivity index (χ2n) is 3.67. The van der Waals surface area contributed by atoms with Crippen LogP contribution in [-0.4, -0.2) is 31.8 Å². The summed E-state index contributed by atoms with van der Waals surface area (Å²) in [6.45, 7) is -1.38. The summed E-state index contributed by atoms with van der Waals surface area (Å²) in [6, 6.07) is 6.18. The van der Waals surface area contributed by atoms with Gasteiger partial charge in [0.25, 0.3) is 10.0 Å². The first-order valence-electron chi connectivity index (χ1n) is 5.06. The summed E-state index contributed by atoms with van der Waals surface area (Å²) < 4.78 is 106. The smallest absolute Gasteiger partial charge is 0.205 e. The Hall–Kier alpha value is -1.27. The van der Waals surface area contributed by atoms with Gasteiger partial charge in [0.1, 0.15) is 0 Å². The zero-order valence-electron chi connectivity index (χ0n) is 9.96. The first-order chi connectivity index (χ1) is 9.40. The van der Waals surface area contributed by atoms with Gasteiger partial charge in [0.2, 0.25) is 0 Å². The van der Waals surface area contributed by atoms with Gasteiger partial charge in [-0.3, -0.25) is 0 Å². The molecule has 5 nitrogen and oxygen atoms in total. The van der Waals surface area contributed by atoms with Crippen molar-refractivity contribution in [1.29, 1.82) is 0 Å². The van der Waals surface area contributed by atoms with Crippen LogP contribution in [0, 0.1) is 0 Å². The second kappa shape index (κ2) is 5.85. The topological polar surface area (TPSA) is 71.5 Å². The van der Waals surface area contributed by atoms with Crippen LogP contribution in [0.1, 0.15) is 5.56 Å². The summed E-state index contributed by atoms with van der Waals surface area (Å²) in [5.74, 6) is -4.31. The Morgan fingerprint density at radius 1 is 1.00 bits per heavy atom. The Morgan fingerprint density at radius 2 is 1.48 bits per heavy atom. The van der Waals surface area contributed by atoms with Crippen molar-refractivity contribution in [3.05, 3.63) is 35.9 Å². The van der Waals surface area contributed by atoms with E-state index in [1.54, 1.807) is 0 Å². The van der Waals surface area contributed by atoms with Crippen molar-refractivity contribution in [3.63, 3.8) is 0 Å². The number of benzene rings is 1. The van der Waals surface area contributed by atoms with Gasteiger partial charge in [-0.15, -0.1) is 0 Å². The number of hydrogen-bond donors (Lipinski definition) is 0. The van der Waals surface area contributed by atoms with Crippen molar-refractivity contribution in [2.75, 3.05) is 0 Å². The predicted molar refractivity (Wildman–Crippen MR) is 61.9 cm³/mol. The molecule has 0 amide bonds. The molecule has 21 heavy (non-hydrogen) atoms. The number of sulfonamides is 2. The molecule has 1 aromatic rings. The molecule has 0 aliphatic rings. The number of halogens is 5. The van der Waals surface area contributed by atoms with Gasteiger partial charge in [0.15, 0.2) is 0 Å². The monoisotopic (exact) mass is 353 g/mol. The highest BCUT2D eigenvalue weighted by Crippen LogP contribution is 2.31. The Bertz CT molecular complexity index is 685.